The predicted octanol–water partition coefficient (Wildman–Crippen LogP) is 3.74. The molecule has 78 valence electrons. The molecule has 2 aromatic carbocycles. The van der Waals surface area contributed by atoms with Gasteiger partial charge in [0.2, 0.25) is 0 Å². The lowest BCUT2D eigenvalue weighted by atomic mass is 9.90. The maximum Gasteiger partial charge on any atom is 0.188 e. The second-order valence-electron chi connectivity index (χ2n) is 4.16. The normalized spacial score (nSPS) is 14.4. The summed E-state index contributed by atoms with van der Waals surface area (Å²) in [5, 5.41) is 2.31. The highest BCUT2D eigenvalue weighted by Crippen LogP contribution is 2.24. The van der Waals surface area contributed by atoms with Crippen LogP contribution in [0.4, 0.5) is 0 Å². The van der Waals surface area contributed by atoms with Gasteiger partial charge >= 0.3 is 0 Å². The smallest absolute Gasteiger partial charge is 0.188 e. The molecule has 0 saturated carbocycles. The monoisotopic (exact) mass is 208 g/mol. The third kappa shape index (κ3) is 1.45. The van der Waals surface area contributed by atoms with Crippen LogP contribution in [-0.2, 0) is 0 Å². The number of fused-ring (bicyclic) bond motifs is 1. The van der Waals surface area contributed by atoms with Crippen LogP contribution in [0.25, 0.3) is 10.8 Å². The van der Waals surface area contributed by atoms with Gasteiger partial charge in [0.05, 0.1) is 0 Å². The second kappa shape index (κ2) is 3.60. The van der Waals surface area contributed by atoms with Crippen molar-refractivity contribution in [3.63, 3.8) is 0 Å². The van der Waals surface area contributed by atoms with Crippen molar-refractivity contribution in [2.24, 2.45) is 0 Å². The Morgan fingerprint density at radius 2 is 1.75 bits per heavy atom. The molecular formula is C15H12O. The number of benzene rings is 2. The van der Waals surface area contributed by atoms with E-state index in [0.717, 1.165) is 29.4 Å². The molecular weight excluding hydrogens is 196 g/mol. The zero-order valence-electron chi connectivity index (χ0n) is 8.94. The van der Waals surface area contributed by atoms with Gasteiger partial charge in [-0.25, -0.2) is 0 Å². The number of hydrogen-bond acceptors (Lipinski definition) is 1. The Balaban J connectivity index is 2.08. The lowest BCUT2D eigenvalue weighted by Gasteiger charge is -2.13. The van der Waals surface area contributed by atoms with Gasteiger partial charge in [0.15, 0.2) is 5.78 Å². The summed E-state index contributed by atoms with van der Waals surface area (Å²) in [6.45, 7) is 0. The average Bonchev–Trinajstić information content (AvgIpc) is 2.26. The van der Waals surface area contributed by atoms with E-state index in [9.17, 15) is 4.79 Å². The van der Waals surface area contributed by atoms with Crippen LogP contribution in [0.3, 0.4) is 0 Å². The fourth-order valence-corrected chi connectivity index (χ4v) is 2.01. The van der Waals surface area contributed by atoms with Crippen LogP contribution >= 0.6 is 0 Å². The fraction of sp³-hybridized carbons (Fsp3) is 0.133. The number of hydrogen-bond donors (Lipinski definition) is 0. The molecule has 0 heterocycles. The van der Waals surface area contributed by atoms with E-state index in [-0.39, 0.29) is 5.78 Å². The molecule has 0 saturated heterocycles. The SMILES string of the molecule is O=C(C1=CCC1)c1ccc2ccccc2c1. The lowest BCUT2D eigenvalue weighted by Crippen LogP contribution is -2.08. The number of ketones is 1. The molecule has 0 bridgehead atoms. The molecule has 0 fully saturated rings. The Morgan fingerprint density at radius 3 is 2.44 bits per heavy atom. The number of carbonyl (C=O) groups excluding carboxylic acids is 1. The van der Waals surface area contributed by atoms with Crippen LogP contribution in [0.5, 0.6) is 0 Å². The van der Waals surface area contributed by atoms with Gasteiger partial charge in [-0.15, -0.1) is 0 Å². The molecule has 0 aromatic heterocycles. The third-order valence-corrected chi connectivity index (χ3v) is 3.11. The quantitative estimate of drug-likeness (QED) is 0.687. The molecule has 0 unspecified atom stereocenters. The zero-order chi connectivity index (χ0) is 11.0. The third-order valence-electron chi connectivity index (χ3n) is 3.11. The minimum Gasteiger partial charge on any atom is -0.289 e. The second-order valence-corrected chi connectivity index (χ2v) is 4.16. The molecule has 1 aliphatic rings. The van der Waals surface area contributed by atoms with Crippen molar-refractivity contribution in [3.05, 3.63) is 59.7 Å². The van der Waals surface area contributed by atoms with E-state index in [2.05, 4.69) is 6.07 Å². The summed E-state index contributed by atoms with van der Waals surface area (Å²) in [4.78, 5) is 12.0. The Kier molecular flexibility index (Phi) is 2.10. The highest BCUT2D eigenvalue weighted by molar-refractivity contribution is 6.11. The van der Waals surface area contributed by atoms with Crippen molar-refractivity contribution >= 4 is 16.6 Å². The molecule has 1 aliphatic carbocycles. The molecule has 0 atom stereocenters. The summed E-state index contributed by atoms with van der Waals surface area (Å²) in [5.74, 6) is 0.192. The number of carbonyl (C=O) groups is 1. The first-order valence-corrected chi connectivity index (χ1v) is 5.57. The minimum atomic E-state index is 0.192. The summed E-state index contributed by atoms with van der Waals surface area (Å²) < 4.78 is 0. The van der Waals surface area contributed by atoms with Gasteiger partial charge in [0, 0.05) is 5.56 Å². The van der Waals surface area contributed by atoms with Crippen molar-refractivity contribution in [1.82, 2.24) is 0 Å². The molecule has 1 nitrogen and oxygen atoms in total. The van der Waals surface area contributed by atoms with E-state index < -0.39 is 0 Å². The molecule has 1 heteroatoms. The highest BCUT2D eigenvalue weighted by Gasteiger charge is 2.16. The Labute approximate surface area is 94.4 Å². The largest absolute Gasteiger partial charge is 0.289 e. The number of Topliss-reactive ketones (excluding diaryl/α,β-unsaturated/α-hetero) is 1. The van der Waals surface area contributed by atoms with Crippen molar-refractivity contribution in [1.29, 1.82) is 0 Å². The molecule has 0 N–H and O–H groups in total. The first kappa shape index (κ1) is 9.34. The van der Waals surface area contributed by atoms with Crippen molar-refractivity contribution in [3.8, 4) is 0 Å². The minimum absolute atomic E-state index is 0.192. The number of allylic oxidation sites excluding steroid dienone is 2. The van der Waals surface area contributed by atoms with Gasteiger partial charge in [0.1, 0.15) is 0 Å². The Hall–Kier alpha value is -1.89. The molecule has 2 aromatic rings. The van der Waals surface area contributed by atoms with Crippen LogP contribution in [0.2, 0.25) is 0 Å². The summed E-state index contributed by atoms with van der Waals surface area (Å²) >= 11 is 0. The standard InChI is InChI=1S/C15H12O/c16-15(12-6-3-7-12)14-9-8-11-4-1-2-5-13(11)10-14/h1-2,4-6,8-10H,3,7H2. The Morgan fingerprint density at radius 1 is 1.00 bits per heavy atom. The van der Waals surface area contributed by atoms with Crippen LogP contribution in [-0.4, -0.2) is 5.78 Å². The average molecular weight is 208 g/mol. The lowest BCUT2D eigenvalue weighted by molar-refractivity contribution is 0.102. The van der Waals surface area contributed by atoms with Gasteiger partial charge < -0.3 is 0 Å². The van der Waals surface area contributed by atoms with E-state index in [1.807, 2.05) is 42.5 Å². The summed E-state index contributed by atoms with van der Waals surface area (Å²) in [7, 11) is 0. The summed E-state index contributed by atoms with van der Waals surface area (Å²) in [5.41, 5.74) is 1.78. The van der Waals surface area contributed by atoms with Crippen molar-refractivity contribution in [2.75, 3.05) is 0 Å². The van der Waals surface area contributed by atoms with E-state index in [1.54, 1.807) is 0 Å². The molecule has 0 radical (unpaired) electrons. The highest BCUT2D eigenvalue weighted by atomic mass is 16.1. The molecule has 3 rings (SSSR count). The molecule has 0 amide bonds. The van der Waals surface area contributed by atoms with Gasteiger partial charge in [-0.05, 0) is 35.3 Å². The molecule has 16 heavy (non-hydrogen) atoms. The van der Waals surface area contributed by atoms with Crippen molar-refractivity contribution in [2.45, 2.75) is 12.8 Å². The molecule has 0 spiro atoms. The van der Waals surface area contributed by atoms with Crippen LogP contribution in [0, 0.1) is 0 Å². The van der Waals surface area contributed by atoms with E-state index in [0.29, 0.717) is 0 Å². The van der Waals surface area contributed by atoms with Gasteiger partial charge in [-0.2, -0.15) is 0 Å². The zero-order valence-corrected chi connectivity index (χ0v) is 8.94. The number of rotatable bonds is 2. The maximum atomic E-state index is 12.0. The predicted molar refractivity (Wildman–Crippen MR) is 65.6 cm³/mol. The van der Waals surface area contributed by atoms with E-state index in [1.165, 1.54) is 5.39 Å². The first-order chi connectivity index (χ1) is 7.84. The molecule has 0 aliphatic heterocycles. The first-order valence-electron chi connectivity index (χ1n) is 5.57. The van der Waals surface area contributed by atoms with Crippen LogP contribution in [0.1, 0.15) is 23.2 Å². The summed E-state index contributed by atoms with van der Waals surface area (Å²) in [6, 6.07) is 14.0. The van der Waals surface area contributed by atoms with E-state index in [4.69, 9.17) is 0 Å². The van der Waals surface area contributed by atoms with E-state index >= 15 is 0 Å². The van der Waals surface area contributed by atoms with Gasteiger partial charge in [0.25, 0.3) is 0 Å². The Bertz CT molecular complexity index is 593. The van der Waals surface area contributed by atoms with Gasteiger partial charge in [-0.3, -0.25) is 4.79 Å². The van der Waals surface area contributed by atoms with Crippen molar-refractivity contribution < 1.29 is 4.79 Å². The maximum absolute atomic E-state index is 12.0. The van der Waals surface area contributed by atoms with Crippen LogP contribution in [0.15, 0.2) is 54.1 Å². The fourth-order valence-electron chi connectivity index (χ4n) is 2.01. The van der Waals surface area contributed by atoms with Crippen LogP contribution < -0.4 is 0 Å². The topological polar surface area (TPSA) is 17.1 Å². The van der Waals surface area contributed by atoms with Gasteiger partial charge in [-0.1, -0.05) is 42.5 Å². The summed E-state index contributed by atoms with van der Waals surface area (Å²) in [6.07, 6.45) is 4.01.